The van der Waals surface area contributed by atoms with Crippen LogP contribution in [0, 0.1) is 0 Å². The molecule has 0 saturated heterocycles. The molecule has 0 fully saturated rings. The first kappa shape index (κ1) is 11.5. The summed E-state index contributed by atoms with van der Waals surface area (Å²) >= 11 is 0. The number of aromatic nitrogens is 2. The quantitative estimate of drug-likeness (QED) is 0.662. The SMILES string of the molecule is COc1cc(NCC(C)(C)O)nc(N)n1. The van der Waals surface area contributed by atoms with Crippen LogP contribution in [0.4, 0.5) is 11.8 Å². The monoisotopic (exact) mass is 212 g/mol. The van der Waals surface area contributed by atoms with Gasteiger partial charge in [-0.05, 0) is 13.8 Å². The number of anilines is 2. The summed E-state index contributed by atoms with van der Waals surface area (Å²) < 4.78 is 4.93. The first-order chi connectivity index (χ1) is 6.90. The standard InChI is InChI=1S/C9H16N4O2/c1-9(2,14)5-11-6-4-7(15-3)13-8(10)12-6/h4,14H,5H2,1-3H3,(H3,10,11,12,13). The van der Waals surface area contributed by atoms with E-state index >= 15 is 0 Å². The number of nitrogens with one attached hydrogen (secondary N) is 1. The number of methoxy groups -OCH3 is 1. The predicted octanol–water partition coefficient (Wildman–Crippen LogP) is 0.250. The van der Waals surface area contributed by atoms with Gasteiger partial charge in [-0.3, -0.25) is 0 Å². The molecule has 6 nitrogen and oxygen atoms in total. The highest BCUT2D eigenvalue weighted by molar-refractivity contribution is 5.42. The van der Waals surface area contributed by atoms with Gasteiger partial charge in [0.1, 0.15) is 5.82 Å². The molecular formula is C9H16N4O2. The van der Waals surface area contributed by atoms with Crippen LogP contribution < -0.4 is 15.8 Å². The zero-order chi connectivity index (χ0) is 11.5. The van der Waals surface area contributed by atoms with Crippen LogP contribution in [-0.4, -0.2) is 34.3 Å². The third-order valence-electron chi connectivity index (χ3n) is 1.63. The fourth-order valence-electron chi connectivity index (χ4n) is 0.945. The Morgan fingerprint density at radius 1 is 1.53 bits per heavy atom. The molecule has 84 valence electrons. The van der Waals surface area contributed by atoms with E-state index < -0.39 is 5.60 Å². The van der Waals surface area contributed by atoms with E-state index in [1.165, 1.54) is 7.11 Å². The van der Waals surface area contributed by atoms with Crippen molar-refractivity contribution in [2.24, 2.45) is 0 Å². The highest BCUT2D eigenvalue weighted by atomic mass is 16.5. The molecule has 0 aliphatic rings. The van der Waals surface area contributed by atoms with Gasteiger partial charge in [0.05, 0.1) is 12.7 Å². The molecule has 0 amide bonds. The Morgan fingerprint density at radius 2 is 2.20 bits per heavy atom. The van der Waals surface area contributed by atoms with Crippen molar-refractivity contribution in [1.29, 1.82) is 0 Å². The lowest BCUT2D eigenvalue weighted by Crippen LogP contribution is -2.29. The Labute approximate surface area is 88.5 Å². The van der Waals surface area contributed by atoms with Crippen LogP contribution in [0.5, 0.6) is 5.88 Å². The van der Waals surface area contributed by atoms with Gasteiger partial charge < -0.3 is 20.9 Å². The van der Waals surface area contributed by atoms with Crippen molar-refractivity contribution in [1.82, 2.24) is 9.97 Å². The average molecular weight is 212 g/mol. The summed E-state index contributed by atoms with van der Waals surface area (Å²) in [6, 6.07) is 1.61. The van der Waals surface area contributed by atoms with Crippen molar-refractivity contribution >= 4 is 11.8 Å². The Bertz CT molecular complexity index is 335. The second-order valence-electron chi connectivity index (χ2n) is 3.82. The number of rotatable bonds is 4. The minimum absolute atomic E-state index is 0.132. The van der Waals surface area contributed by atoms with Crippen molar-refractivity contribution in [3.63, 3.8) is 0 Å². The molecule has 0 aliphatic carbocycles. The van der Waals surface area contributed by atoms with Gasteiger partial charge in [0.25, 0.3) is 0 Å². The maximum atomic E-state index is 9.51. The number of nitrogens with zero attached hydrogens (tertiary/aromatic N) is 2. The van der Waals surface area contributed by atoms with Gasteiger partial charge in [-0.2, -0.15) is 9.97 Å². The largest absolute Gasteiger partial charge is 0.481 e. The highest BCUT2D eigenvalue weighted by Gasteiger charge is 2.12. The first-order valence-electron chi connectivity index (χ1n) is 4.55. The molecule has 0 unspecified atom stereocenters. The number of ether oxygens (including phenoxy) is 1. The topological polar surface area (TPSA) is 93.3 Å². The van der Waals surface area contributed by atoms with Crippen LogP contribution in [0.15, 0.2) is 6.07 Å². The molecule has 0 aromatic carbocycles. The molecular weight excluding hydrogens is 196 g/mol. The van der Waals surface area contributed by atoms with Crippen molar-refractivity contribution in [2.45, 2.75) is 19.4 Å². The lowest BCUT2D eigenvalue weighted by molar-refractivity contribution is 0.0944. The zero-order valence-electron chi connectivity index (χ0n) is 9.11. The second kappa shape index (κ2) is 4.31. The van der Waals surface area contributed by atoms with E-state index in [4.69, 9.17) is 10.5 Å². The lowest BCUT2D eigenvalue weighted by atomic mass is 10.1. The lowest BCUT2D eigenvalue weighted by Gasteiger charge is -2.18. The molecule has 0 saturated carbocycles. The Morgan fingerprint density at radius 3 is 2.73 bits per heavy atom. The number of nitrogens with two attached hydrogens (primary N) is 1. The molecule has 1 aromatic heterocycles. The predicted molar refractivity (Wildman–Crippen MR) is 57.8 cm³/mol. The molecule has 1 aromatic rings. The number of hydrogen-bond donors (Lipinski definition) is 3. The van der Waals surface area contributed by atoms with E-state index in [0.717, 1.165) is 0 Å². The summed E-state index contributed by atoms with van der Waals surface area (Å²) in [6.45, 7) is 3.76. The molecule has 6 heteroatoms. The van der Waals surface area contributed by atoms with E-state index in [1.807, 2.05) is 0 Å². The fraction of sp³-hybridized carbons (Fsp3) is 0.556. The summed E-state index contributed by atoms with van der Waals surface area (Å²) in [4.78, 5) is 7.79. The van der Waals surface area contributed by atoms with Gasteiger partial charge in [0, 0.05) is 12.6 Å². The van der Waals surface area contributed by atoms with Gasteiger partial charge in [-0.1, -0.05) is 0 Å². The maximum absolute atomic E-state index is 9.51. The minimum Gasteiger partial charge on any atom is -0.481 e. The maximum Gasteiger partial charge on any atom is 0.225 e. The summed E-state index contributed by atoms with van der Waals surface area (Å²) in [6.07, 6.45) is 0. The van der Waals surface area contributed by atoms with Crippen molar-refractivity contribution in [3.05, 3.63) is 6.07 Å². The van der Waals surface area contributed by atoms with E-state index in [9.17, 15) is 5.11 Å². The van der Waals surface area contributed by atoms with Crippen LogP contribution in [0.1, 0.15) is 13.8 Å². The molecule has 0 radical (unpaired) electrons. The number of nitrogen functional groups attached to an aromatic ring is 1. The van der Waals surface area contributed by atoms with Gasteiger partial charge in [0.15, 0.2) is 0 Å². The van der Waals surface area contributed by atoms with Gasteiger partial charge >= 0.3 is 0 Å². The zero-order valence-corrected chi connectivity index (χ0v) is 9.11. The Kier molecular flexibility index (Phi) is 3.31. The van der Waals surface area contributed by atoms with Gasteiger partial charge in [0.2, 0.25) is 11.8 Å². The smallest absolute Gasteiger partial charge is 0.225 e. The van der Waals surface area contributed by atoms with E-state index in [0.29, 0.717) is 18.2 Å². The molecule has 4 N–H and O–H groups in total. The number of hydrogen-bond acceptors (Lipinski definition) is 6. The van der Waals surface area contributed by atoms with Crippen LogP contribution in [0.2, 0.25) is 0 Å². The van der Waals surface area contributed by atoms with E-state index in [-0.39, 0.29) is 5.95 Å². The molecule has 15 heavy (non-hydrogen) atoms. The highest BCUT2D eigenvalue weighted by Crippen LogP contribution is 2.14. The normalized spacial score (nSPS) is 11.2. The number of aliphatic hydroxyl groups is 1. The third kappa shape index (κ3) is 3.99. The molecule has 0 atom stereocenters. The minimum atomic E-state index is -0.813. The van der Waals surface area contributed by atoms with Crippen LogP contribution >= 0.6 is 0 Å². The first-order valence-corrected chi connectivity index (χ1v) is 4.55. The van der Waals surface area contributed by atoms with Gasteiger partial charge in [-0.15, -0.1) is 0 Å². The second-order valence-corrected chi connectivity index (χ2v) is 3.82. The van der Waals surface area contributed by atoms with Gasteiger partial charge in [-0.25, -0.2) is 0 Å². The fourth-order valence-corrected chi connectivity index (χ4v) is 0.945. The van der Waals surface area contributed by atoms with Crippen LogP contribution in [0.25, 0.3) is 0 Å². The molecule has 0 spiro atoms. The summed E-state index contributed by atoms with van der Waals surface area (Å²) in [7, 11) is 1.50. The molecule has 0 aliphatic heterocycles. The van der Waals surface area contributed by atoms with Crippen molar-refractivity contribution in [2.75, 3.05) is 24.7 Å². The van der Waals surface area contributed by atoms with E-state index in [1.54, 1.807) is 19.9 Å². The average Bonchev–Trinajstić information content (AvgIpc) is 2.13. The Balaban J connectivity index is 2.73. The third-order valence-corrected chi connectivity index (χ3v) is 1.63. The van der Waals surface area contributed by atoms with Crippen LogP contribution in [-0.2, 0) is 0 Å². The van der Waals surface area contributed by atoms with E-state index in [2.05, 4.69) is 15.3 Å². The summed E-state index contributed by atoms with van der Waals surface area (Å²) in [5.41, 5.74) is 4.66. The Hall–Kier alpha value is -1.56. The van der Waals surface area contributed by atoms with Crippen molar-refractivity contribution in [3.8, 4) is 5.88 Å². The molecule has 0 bridgehead atoms. The summed E-state index contributed by atoms with van der Waals surface area (Å²) in [5.74, 6) is 1.05. The van der Waals surface area contributed by atoms with Crippen LogP contribution in [0.3, 0.4) is 0 Å². The molecule has 1 rings (SSSR count). The molecule has 1 heterocycles. The van der Waals surface area contributed by atoms with Crippen molar-refractivity contribution < 1.29 is 9.84 Å². The summed E-state index contributed by atoms with van der Waals surface area (Å²) in [5, 5.41) is 12.4.